The summed E-state index contributed by atoms with van der Waals surface area (Å²) in [5.41, 5.74) is 6.99. The van der Waals surface area contributed by atoms with Gasteiger partial charge in [0.05, 0.1) is 6.04 Å². The van der Waals surface area contributed by atoms with E-state index in [0.29, 0.717) is 6.42 Å². The fraction of sp³-hybridized carbons (Fsp3) is 0.176. The van der Waals surface area contributed by atoms with Gasteiger partial charge in [0.2, 0.25) is 5.91 Å². The Hall–Kier alpha value is -2.60. The molecule has 0 aromatic heterocycles. The summed E-state index contributed by atoms with van der Waals surface area (Å²) in [5.74, 6) is -0.775. The molecule has 1 amide bonds. The number of hydrogen-bond acceptors (Lipinski definition) is 4. The van der Waals surface area contributed by atoms with Crippen molar-refractivity contribution >= 4 is 29.3 Å². The minimum Gasteiger partial charge on any atom is -0.667 e. The van der Waals surface area contributed by atoms with E-state index in [4.69, 9.17) is 10.4 Å². The van der Waals surface area contributed by atoms with Gasteiger partial charge in [-0.3, -0.25) is 9.59 Å². The van der Waals surface area contributed by atoms with Gasteiger partial charge in [-0.15, -0.1) is 10.9 Å². The van der Waals surface area contributed by atoms with E-state index in [-0.39, 0.29) is 12.4 Å². The van der Waals surface area contributed by atoms with Crippen molar-refractivity contribution in [1.82, 2.24) is 5.23 Å². The summed E-state index contributed by atoms with van der Waals surface area (Å²) >= 11 is 0. The normalized spacial score (nSPS) is 19.3. The first-order valence-electron chi connectivity index (χ1n) is 7.66. The van der Waals surface area contributed by atoms with Gasteiger partial charge in [0, 0.05) is 6.42 Å². The van der Waals surface area contributed by atoms with Crippen LogP contribution < -0.4 is 21.9 Å². The van der Waals surface area contributed by atoms with Crippen LogP contribution in [0.5, 0.6) is 0 Å². The summed E-state index contributed by atoms with van der Waals surface area (Å²) in [5, 5.41) is 3.33. The number of rotatable bonds is 5. The molecular weight excluding hydrogens is 291 g/mol. The van der Waals surface area contributed by atoms with Gasteiger partial charge in [-0.2, -0.15) is 0 Å². The summed E-state index contributed by atoms with van der Waals surface area (Å²) < 4.78 is 5.83. The lowest BCUT2D eigenvalue weighted by Gasteiger charge is -2.37. The molecule has 0 radical (unpaired) electrons. The van der Waals surface area contributed by atoms with E-state index >= 15 is 0 Å². The maximum atomic E-state index is 12.3. The number of primary amides is 1. The summed E-state index contributed by atoms with van der Waals surface area (Å²) in [6, 6.07) is 18.7. The third kappa shape index (κ3) is 2.98. The van der Waals surface area contributed by atoms with E-state index in [1.54, 1.807) is 0 Å². The minimum absolute atomic E-state index is 0.141. The highest BCUT2D eigenvalue weighted by atomic mass is 16.5. The van der Waals surface area contributed by atoms with Gasteiger partial charge in [-0.1, -0.05) is 60.7 Å². The molecule has 6 heteroatoms. The van der Waals surface area contributed by atoms with E-state index in [0.717, 1.165) is 10.9 Å². The Balaban J connectivity index is 1.99. The van der Waals surface area contributed by atoms with Gasteiger partial charge >= 0.3 is 0 Å². The van der Waals surface area contributed by atoms with Crippen molar-refractivity contribution < 1.29 is 14.2 Å². The molecule has 0 aliphatic carbocycles. The van der Waals surface area contributed by atoms with Crippen LogP contribution in [-0.4, -0.2) is 24.4 Å². The molecule has 23 heavy (non-hydrogen) atoms. The van der Waals surface area contributed by atoms with E-state index in [9.17, 15) is 9.59 Å². The van der Waals surface area contributed by atoms with Gasteiger partial charge in [-0.25, -0.2) is 0 Å². The number of nitrogens with one attached hydrogen (secondary N) is 1. The Morgan fingerprint density at radius 3 is 2.04 bits per heavy atom. The molecule has 2 aromatic carbocycles. The van der Waals surface area contributed by atoms with Crippen LogP contribution in [0.2, 0.25) is 0 Å². The second-order valence-electron chi connectivity index (χ2n) is 5.77. The van der Waals surface area contributed by atoms with Gasteiger partial charge < -0.3 is 15.6 Å². The zero-order valence-corrected chi connectivity index (χ0v) is 12.6. The monoisotopic (exact) mass is 309 g/mol. The zero-order valence-electron chi connectivity index (χ0n) is 12.6. The Labute approximate surface area is 134 Å². The maximum absolute atomic E-state index is 12.3. The molecule has 1 aliphatic rings. The third-order valence-electron chi connectivity index (χ3n) is 4.23. The number of benzene rings is 2. The quantitative estimate of drug-likeness (QED) is 0.763. The van der Waals surface area contributed by atoms with Crippen LogP contribution in [0, 0.1) is 0 Å². The number of hydrogen-bond donors (Lipinski definition) is 2. The predicted molar refractivity (Wildman–Crippen MR) is 89.4 cm³/mol. The second-order valence-corrected chi connectivity index (χ2v) is 5.77. The standard InChI is InChI=1S/C17H18BN2O3/c19-16(21)12-11-15-17(22)23-18(20-15,13-7-3-1-4-8-13)14-9-5-2-6-10-14/h1-10,15,20H,11-12H2,(H2,19,21)/q-1/t15-/m0/s1. The van der Waals surface area contributed by atoms with Gasteiger partial charge in [-0.05, 0) is 6.42 Å². The molecule has 0 unspecified atom stereocenters. The summed E-state index contributed by atoms with van der Waals surface area (Å²) in [6.07, 6.45) is 0.472. The van der Waals surface area contributed by atoms with Crippen LogP contribution in [0.15, 0.2) is 60.7 Å². The molecule has 1 heterocycles. The summed E-state index contributed by atoms with van der Waals surface area (Å²) in [6.45, 7) is -1.85. The first kappa shape index (κ1) is 15.3. The Bertz CT molecular complexity index is 667. The molecule has 118 valence electrons. The van der Waals surface area contributed by atoms with E-state index in [1.807, 2.05) is 60.7 Å². The number of carbonyl (C=O) groups excluding carboxylic acids is 2. The van der Waals surface area contributed by atoms with E-state index in [2.05, 4.69) is 5.23 Å². The van der Waals surface area contributed by atoms with E-state index < -0.39 is 18.4 Å². The molecule has 1 atom stereocenters. The lowest BCUT2D eigenvalue weighted by atomic mass is 9.42. The minimum atomic E-state index is -1.85. The van der Waals surface area contributed by atoms with Crippen molar-refractivity contribution in [3.8, 4) is 0 Å². The molecule has 0 bridgehead atoms. The Kier molecular flexibility index (Phi) is 4.17. The summed E-state index contributed by atoms with van der Waals surface area (Å²) in [7, 11) is 0. The Morgan fingerprint density at radius 1 is 1.04 bits per heavy atom. The molecule has 2 aromatic rings. The van der Waals surface area contributed by atoms with Crippen molar-refractivity contribution in [1.29, 1.82) is 0 Å². The Morgan fingerprint density at radius 2 is 1.57 bits per heavy atom. The van der Waals surface area contributed by atoms with E-state index in [1.165, 1.54) is 0 Å². The van der Waals surface area contributed by atoms with Crippen LogP contribution in [-0.2, 0) is 14.2 Å². The molecule has 0 spiro atoms. The number of amides is 1. The van der Waals surface area contributed by atoms with Crippen LogP contribution in [0.25, 0.3) is 0 Å². The number of carbonyl (C=O) groups is 2. The lowest BCUT2D eigenvalue weighted by molar-refractivity contribution is -0.134. The zero-order chi connectivity index (χ0) is 16.3. The molecule has 0 saturated carbocycles. The first-order valence-corrected chi connectivity index (χ1v) is 7.66. The fourth-order valence-corrected chi connectivity index (χ4v) is 3.10. The highest BCUT2D eigenvalue weighted by molar-refractivity contribution is 6.97. The smallest absolute Gasteiger partial charge is 0.293 e. The van der Waals surface area contributed by atoms with Crippen LogP contribution in [0.3, 0.4) is 0 Å². The van der Waals surface area contributed by atoms with Crippen molar-refractivity contribution in [3.05, 3.63) is 60.7 Å². The van der Waals surface area contributed by atoms with Crippen molar-refractivity contribution in [2.45, 2.75) is 18.9 Å². The van der Waals surface area contributed by atoms with Crippen molar-refractivity contribution in [3.63, 3.8) is 0 Å². The molecule has 1 aliphatic heterocycles. The fourth-order valence-electron chi connectivity index (χ4n) is 3.10. The lowest BCUT2D eigenvalue weighted by Crippen LogP contribution is -2.68. The summed E-state index contributed by atoms with van der Waals surface area (Å²) in [4.78, 5) is 23.3. The highest BCUT2D eigenvalue weighted by Crippen LogP contribution is 2.17. The second kappa shape index (κ2) is 6.26. The van der Waals surface area contributed by atoms with Crippen molar-refractivity contribution in [2.75, 3.05) is 0 Å². The molecule has 3 rings (SSSR count). The number of nitrogens with two attached hydrogens (primary N) is 1. The topological polar surface area (TPSA) is 81.4 Å². The van der Waals surface area contributed by atoms with Gasteiger partial charge in [0.1, 0.15) is 0 Å². The molecule has 1 saturated heterocycles. The SMILES string of the molecule is NC(=O)CC[C@@H]1N[B-](c2ccccc2)(c2ccccc2)OC1=O. The van der Waals surface area contributed by atoms with Crippen LogP contribution >= 0.6 is 0 Å². The molecule has 1 fully saturated rings. The van der Waals surface area contributed by atoms with Gasteiger partial charge in [0.15, 0.2) is 0 Å². The molecular formula is C17H18BN2O3-. The molecule has 3 N–H and O–H groups in total. The van der Waals surface area contributed by atoms with Crippen molar-refractivity contribution in [2.24, 2.45) is 5.73 Å². The first-order chi connectivity index (χ1) is 11.1. The van der Waals surface area contributed by atoms with Gasteiger partial charge in [0.25, 0.3) is 12.5 Å². The maximum Gasteiger partial charge on any atom is 0.293 e. The average Bonchev–Trinajstić information content (AvgIpc) is 2.92. The predicted octanol–water partition coefficient (Wildman–Crippen LogP) is 0.0235. The highest BCUT2D eigenvalue weighted by Gasteiger charge is 2.43. The third-order valence-corrected chi connectivity index (χ3v) is 4.23. The average molecular weight is 309 g/mol. The van der Waals surface area contributed by atoms with Crippen LogP contribution in [0.4, 0.5) is 0 Å². The largest absolute Gasteiger partial charge is 0.667 e. The van der Waals surface area contributed by atoms with Crippen LogP contribution in [0.1, 0.15) is 12.8 Å². The molecule has 5 nitrogen and oxygen atoms in total.